The van der Waals surface area contributed by atoms with E-state index in [-0.39, 0.29) is 12.7 Å². The zero-order valence-electron chi connectivity index (χ0n) is 15.2. The third-order valence-electron chi connectivity index (χ3n) is 5.20. The van der Waals surface area contributed by atoms with E-state index in [9.17, 15) is 4.79 Å². The highest BCUT2D eigenvalue weighted by Gasteiger charge is 2.54. The number of amides is 1. The smallest absolute Gasteiger partial charge is 0.236 e. The molecule has 0 atom stereocenters. The number of anilines is 1. The quantitative estimate of drug-likeness (QED) is 0.644. The van der Waals surface area contributed by atoms with Crippen molar-refractivity contribution in [3.05, 3.63) is 54.2 Å². The lowest BCUT2D eigenvalue weighted by Crippen LogP contribution is -2.28. The molecule has 3 aromatic rings. The summed E-state index contributed by atoms with van der Waals surface area (Å²) in [7, 11) is 0. The van der Waals surface area contributed by atoms with Gasteiger partial charge in [0.05, 0.1) is 16.8 Å². The molecule has 2 aromatic carbocycles. The van der Waals surface area contributed by atoms with Crippen molar-refractivity contribution in [2.45, 2.75) is 23.2 Å². The number of benzene rings is 2. The Morgan fingerprint density at radius 2 is 1.93 bits per heavy atom. The number of rotatable bonds is 5. The molecule has 1 aliphatic carbocycles. The van der Waals surface area contributed by atoms with E-state index in [1.54, 1.807) is 11.8 Å². The fraction of sp³-hybridized carbons (Fsp3) is 0.238. The number of carbonyl (C=O) groups is 1. The minimum Gasteiger partial charge on any atom is -0.454 e. The molecule has 0 saturated heterocycles. The number of para-hydroxylation sites is 1. The predicted octanol–water partition coefficient (Wildman–Crippen LogP) is 4.46. The van der Waals surface area contributed by atoms with E-state index >= 15 is 0 Å². The fourth-order valence-electron chi connectivity index (χ4n) is 3.40. The highest BCUT2D eigenvalue weighted by atomic mass is 32.2. The minimum atomic E-state index is -0.621. The number of ether oxygens (including phenoxy) is 2. The molecule has 5 rings (SSSR count). The number of nitrogens with zero attached hydrogens (tertiary/aromatic N) is 1. The normalized spacial score (nSPS) is 16.0. The second-order valence-electron chi connectivity index (χ2n) is 6.88. The van der Waals surface area contributed by atoms with Crippen molar-refractivity contribution in [3.63, 3.8) is 0 Å². The van der Waals surface area contributed by atoms with Crippen molar-refractivity contribution < 1.29 is 18.8 Å². The minimum absolute atomic E-state index is 0.0421. The lowest BCUT2D eigenvalue weighted by molar-refractivity contribution is -0.118. The van der Waals surface area contributed by atoms with E-state index in [0.29, 0.717) is 23.0 Å². The molecule has 7 heteroatoms. The number of aromatic nitrogens is 1. The van der Waals surface area contributed by atoms with Gasteiger partial charge in [0.1, 0.15) is 0 Å². The van der Waals surface area contributed by atoms with Crippen LogP contribution < -0.4 is 14.8 Å². The van der Waals surface area contributed by atoms with Crippen LogP contribution >= 0.6 is 11.8 Å². The first kappa shape index (κ1) is 17.2. The average molecular weight is 394 g/mol. The van der Waals surface area contributed by atoms with Gasteiger partial charge in [-0.3, -0.25) is 4.79 Å². The van der Waals surface area contributed by atoms with Gasteiger partial charge in [-0.15, -0.1) is 11.8 Å². The van der Waals surface area contributed by atoms with E-state index < -0.39 is 5.41 Å². The summed E-state index contributed by atoms with van der Waals surface area (Å²) in [5, 5.41) is 7.28. The summed E-state index contributed by atoms with van der Waals surface area (Å²) in [6, 6.07) is 15.2. The van der Waals surface area contributed by atoms with Crippen LogP contribution in [0.5, 0.6) is 11.5 Å². The maximum absolute atomic E-state index is 13.0. The van der Waals surface area contributed by atoms with Crippen LogP contribution in [0.3, 0.4) is 0 Å². The van der Waals surface area contributed by atoms with Gasteiger partial charge in [-0.25, -0.2) is 0 Å². The van der Waals surface area contributed by atoms with Crippen LogP contribution in [0, 0.1) is 0 Å². The molecule has 1 fully saturated rings. The van der Waals surface area contributed by atoms with Crippen molar-refractivity contribution in [2.24, 2.45) is 0 Å². The average Bonchev–Trinajstić information content (AvgIpc) is 3.15. The van der Waals surface area contributed by atoms with Gasteiger partial charge >= 0.3 is 0 Å². The second-order valence-corrected chi connectivity index (χ2v) is 7.73. The first-order valence-electron chi connectivity index (χ1n) is 9.01. The molecule has 1 saturated carbocycles. The van der Waals surface area contributed by atoms with Crippen molar-refractivity contribution in [1.29, 1.82) is 0 Å². The van der Waals surface area contributed by atoms with Gasteiger partial charge in [0.2, 0.25) is 12.7 Å². The molecule has 2 heterocycles. The Labute approximate surface area is 166 Å². The molecule has 1 amide bonds. The topological polar surface area (TPSA) is 73.6 Å². The van der Waals surface area contributed by atoms with Gasteiger partial charge < -0.3 is 19.3 Å². The van der Waals surface area contributed by atoms with Crippen LogP contribution in [-0.2, 0) is 10.2 Å². The predicted molar refractivity (Wildman–Crippen MR) is 106 cm³/mol. The van der Waals surface area contributed by atoms with Gasteiger partial charge in [0.15, 0.2) is 17.3 Å². The van der Waals surface area contributed by atoms with Crippen LogP contribution in [-0.4, -0.2) is 24.1 Å². The van der Waals surface area contributed by atoms with E-state index in [4.69, 9.17) is 14.0 Å². The Morgan fingerprint density at radius 1 is 1.11 bits per heavy atom. The van der Waals surface area contributed by atoms with Crippen LogP contribution in [0.2, 0.25) is 0 Å². The molecule has 0 radical (unpaired) electrons. The largest absolute Gasteiger partial charge is 0.454 e. The van der Waals surface area contributed by atoms with Crippen LogP contribution in [0.25, 0.3) is 11.3 Å². The van der Waals surface area contributed by atoms with Crippen molar-refractivity contribution in [1.82, 2.24) is 5.16 Å². The molecule has 6 nitrogen and oxygen atoms in total. The van der Waals surface area contributed by atoms with Gasteiger partial charge in [-0.1, -0.05) is 17.3 Å². The lowest BCUT2D eigenvalue weighted by atomic mass is 10.00. The first-order valence-corrected chi connectivity index (χ1v) is 10.2. The Hall–Kier alpha value is -2.93. The van der Waals surface area contributed by atoms with Crippen LogP contribution in [0.1, 0.15) is 18.5 Å². The second kappa shape index (κ2) is 6.60. The molecule has 2 aliphatic rings. The number of carbonyl (C=O) groups excluding carboxylic acids is 1. The molecule has 0 spiro atoms. The summed E-state index contributed by atoms with van der Waals surface area (Å²) in [6.45, 7) is 0.223. The zero-order chi connectivity index (χ0) is 19.1. The molecule has 142 valence electrons. The number of fused-ring (bicyclic) bond motifs is 1. The number of hydrogen-bond donors (Lipinski definition) is 1. The Morgan fingerprint density at radius 3 is 2.75 bits per heavy atom. The fourth-order valence-corrected chi connectivity index (χ4v) is 3.95. The third-order valence-corrected chi connectivity index (χ3v) is 5.99. The van der Waals surface area contributed by atoms with Crippen molar-refractivity contribution >= 4 is 23.4 Å². The van der Waals surface area contributed by atoms with E-state index in [0.717, 1.165) is 29.0 Å². The summed E-state index contributed by atoms with van der Waals surface area (Å²) >= 11 is 1.60. The number of nitrogens with one attached hydrogen (secondary N) is 1. The van der Waals surface area contributed by atoms with E-state index in [2.05, 4.69) is 10.5 Å². The highest BCUT2D eigenvalue weighted by molar-refractivity contribution is 7.98. The van der Waals surface area contributed by atoms with Gasteiger partial charge in [0, 0.05) is 16.5 Å². The van der Waals surface area contributed by atoms with Gasteiger partial charge in [-0.2, -0.15) is 0 Å². The monoisotopic (exact) mass is 394 g/mol. The van der Waals surface area contributed by atoms with E-state index in [1.165, 1.54) is 0 Å². The third kappa shape index (κ3) is 2.82. The zero-order valence-corrected chi connectivity index (χ0v) is 16.0. The molecule has 0 unspecified atom stereocenters. The Kier molecular flexibility index (Phi) is 4.05. The van der Waals surface area contributed by atoms with Gasteiger partial charge in [0.25, 0.3) is 0 Å². The molecule has 28 heavy (non-hydrogen) atoms. The number of hydrogen-bond acceptors (Lipinski definition) is 6. The highest BCUT2D eigenvalue weighted by Crippen LogP contribution is 2.49. The maximum atomic E-state index is 13.0. The van der Waals surface area contributed by atoms with Gasteiger partial charge in [-0.05, 0) is 49.4 Å². The summed E-state index contributed by atoms with van der Waals surface area (Å²) in [6.07, 6.45) is 3.51. The number of thioether (sulfide) groups is 1. The van der Waals surface area contributed by atoms with Crippen molar-refractivity contribution in [3.8, 4) is 22.8 Å². The molecule has 0 bridgehead atoms. The van der Waals surface area contributed by atoms with Crippen LogP contribution in [0.15, 0.2) is 57.9 Å². The van der Waals surface area contributed by atoms with Crippen molar-refractivity contribution in [2.75, 3.05) is 18.4 Å². The first-order chi connectivity index (χ1) is 13.7. The van der Waals surface area contributed by atoms with Crippen LogP contribution in [0.4, 0.5) is 5.69 Å². The van der Waals surface area contributed by atoms with E-state index in [1.807, 2.05) is 54.8 Å². The molecular weight excluding hydrogens is 376 g/mol. The molecule has 1 N–H and O–H groups in total. The summed E-state index contributed by atoms with van der Waals surface area (Å²) in [5.41, 5.74) is 1.71. The lowest BCUT2D eigenvalue weighted by Gasteiger charge is -2.14. The standard InChI is InChI=1S/C21H18N2O4S/c1-28-18-5-3-2-4-14(18)22-20(24)21(8-9-21)19-11-16(27-23-19)13-6-7-15-17(10-13)26-12-25-15/h2-7,10-11H,8-9,12H2,1H3,(H,22,24). The molecular formula is C21H18N2O4S. The summed E-state index contributed by atoms with van der Waals surface area (Å²) in [4.78, 5) is 14.1. The summed E-state index contributed by atoms with van der Waals surface area (Å²) < 4.78 is 16.3. The Bertz CT molecular complexity index is 1060. The molecule has 1 aromatic heterocycles. The Balaban J connectivity index is 1.40. The maximum Gasteiger partial charge on any atom is 0.236 e. The molecule has 1 aliphatic heterocycles. The SMILES string of the molecule is CSc1ccccc1NC(=O)C1(c2cc(-c3ccc4c(c3)OCO4)on2)CC1. The summed E-state index contributed by atoms with van der Waals surface area (Å²) in [5.74, 6) is 1.97.